The first-order chi connectivity index (χ1) is 7.65. The smallest absolute Gasteiger partial charge is 0.127 e. The zero-order valence-corrected chi connectivity index (χ0v) is 10.0. The van der Waals surface area contributed by atoms with E-state index in [-0.39, 0.29) is 18.8 Å². The molecule has 0 bridgehead atoms. The zero-order valence-electron chi connectivity index (χ0n) is 9.25. The second kappa shape index (κ2) is 6.84. The van der Waals surface area contributed by atoms with E-state index >= 15 is 0 Å². The Hall–Kier alpha value is -0.640. The maximum atomic E-state index is 13.4. The van der Waals surface area contributed by atoms with E-state index in [4.69, 9.17) is 16.3 Å². The molecule has 1 rings (SSSR count). The van der Waals surface area contributed by atoms with Crippen molar-refractivity contribution in [1.82, 2.24) is 0 Å². The summed E-state index contributed by atoms with van der Waals surface area (Å²) in [6.45, 7) is 2.79. The van der Waals surface area contributed by atoms with E-state index in [1.54, 1.807) is 12.1 Å². The third-order valence-corrected chi connectivity index (χ3v) is 2.51. The van der Waals surface area contributed by atoms with Gasteiger partial charge in [-0.25, -0.2) is 4.39 Å². The van der Waals surface area contributed by atoms with Crippen molar-refractivity contribution in [2.75, 3.05) is 13.2 Å². The monoisotopic (exact) mass is 246 g/mol. The van der Waals surface area contributed by atoms with E-state index in [9.17, 15) is 9.50 Å². The van der Waals surface area contributed by atoms with Crippen LogP contribution in [0, 0.1) is 5.82 Å². The summed E-state index contributed by atoms with van der Waals surface area (Å²) in [5, 5.41) is 9.97. The van der Waals surface area contributed by atoms with Crippen LogP contribution in [-0.4, -0.2) is 24.4 Å². The third kappa shape index (κ3) is 4.08. The second-order valence-corrected chi connectivity index (χ2v) is 4.04. The molecule has 2 nitrogen and oxygen atoms in total. The Labute approximate surface area is 100.0 Å². The number of benzene rings is 1. The average molecular weight is 247 g/mol. The van der Waals surface area contributed by atoms with Crippen LogP contribution in [0.3, 0.4) is 0 Å². The highest BCUT2D eigenvalue weighted by Crippen LogP contribution is 2.20. The van der Waals surface area contributed by atoms with E-state index in [0.717, 1.165) is 6.42 Å². The molecule has 0 aliphatic rings. The van der Waals surface area contributed by atoms with Crippen LogP contribution in [-0.2, 0) is 11.2 Å². The van der Waals surface area contributed by atoms with Gasteiger partial charge in [0.1, 0.15) is 5.82 Å². The van der Waals surface area contributed by atoms with E-state index in [1.807, 2.05) is 6.92 Å². The molecule has 0 heterocycles. The molecule has 90 valence electrons. The first kappa shape index (κ1) is 13.4. The van der Waals surface area contributed by atoms with Gasteiger partial charge in [0.25, 0.3) is 0 Å². The summed E-state index contributed by atoms with van der Waals surface area (Å²) in [5.41, 5.74) is 0.344. The minimum Gasteiger partial charge on any atom is -0.390 e. The van der Waals surface area contributed by atoms with Crippen LogP contribution in [0.5, 0.6) is 0 Å². The maximum absolute atomic E-state index is 13.4. The maximum Gasteiger partial charge on any atom is 0.127 e. The van der Waals surface area contributed by atoms with Gasteiger partial charge in [-0.2, -0.15) is 0 Å². The highest BCUT2D eigenvalue weighted by Gasteiger charge is 2.12. The van der Waals surface area contributed by atoms with Crippen molar-refractivity contribution in [3.8, 4) is 0 Å². The van der Waals surface area contributed by atoms with Crippen LogP contribution < -0.4 is 0 Å². The standard InChI is InChI=1S/C12H16ClFO2/c1-2-6-16-8-9(15)7-10-11(13)4-3-5-12(10)14/h3-5,9,15H,2,6-8H2,1H3. The predicted octanol–water partition coefficient (Wildman–Crippen LogP) is 2.81. The Kier molecular flexibility index (Phi) is 5.74. The van der Waals surface area contributed by atoms with Gasteiger partial charge >= 0.3 is 0 Å². The fourth-order valence-corrected chi connectivity index (χ4v) is 1.63. The molecule has 0 saturated heterocycles. The third-order valence-electron chi connectivity index (χ3n) is 2.16. The summed E-state index contributed by atoms with van der Waals surface area (Å²) < 4.78 is 18.5. The van der Waals surface area contributed by atoms with Crippen LogP contribution in [0.4, 0.5) is 4.39 Å². The Morgan fingerprint density at radius 2 is 2.25 bits per heavy atom. The van der Waals surface area contributed by atoms with Gasteiger partial charge in [-0.1, -0.05) is 24.6 Å². The molecule has 0 fully saturated rings. The number of aliphatic hydroxyl groups is 1. The van der Waals surface area contributed by atoms with Gasteiger partial charge in [0.15, 0.2) is 0 Å². The highest BCUT2D eigenvalue weighted by atomic mass is 35.5. The molecule has 0 radical (unpaired) electrons. The SMILES string of the molecule is CCCOCC(O)Cc1c(F)cccc1Cl. The van der Waals surface area contributed by atoms with E-state index in [1.165, 1.54) is 6.07 Å². The average Bonchev–Trinajstić information content (AvgIpc) is 2.24. The lowest BCUT2D eigenvalue weighted by Gasteiger charge is -2.12. The fraction of sp³-hybridized carbons (Fsp3) is 0.500. The Balaban J connectivity index is 2.52. The number of ether oxygens (including phenoxy) is 1. The molecule has 0 spiro atoms. The highest BCUT2D eigenvalue weighted by molar-refractivity contribution is 6.31. The van der Waals surface area contributed by atoms with Crippen LogP contribution in [0.25, 0.3) is 0 Å². The molecule has 1 N–H and O–H groups in total. The molecule has 1 aromatic rings. The first-order valence-corrected chi connectivity index (χ1v) is 5.71. The zero-order chi connectivity index (χ0) is 12.0. The molecule has 0 saturated carbocycles. The topological polar surface area (TPSA) is 29.5 Å². The fourth-order valence-electron chi connectivity index (χ4n) is 1.39. The van der Waals surface area contributed by atoms with Crippen molar-refractivity contribution >= 4 is 11.6 Å². The molecular formula is C12H16ClFO2. The van der Waals surface area contributed by atoms with Gasteiger partial charge in [-0.3, -0.25) is 0 Å². The molecule has 0 aliphatic carbocycles. The lowest BCUT2D eigenvalue weighted by molar-refractivity contribution is 0.0370. The van der Waals surface area contributed by atoms with Crippen LogP contribution in [0.2, 0.25) is 5.02 Å². The molecule has 1 unspecified atom stereocenters. The predicted molar refractivity (Wildman–Crippen MR) is 62.2 cm³/mol. The summed E-state index contributed by atoms with van der Waals surface area (Å²) in [7, 11) is 0. The number of hydrogen-bond donors (Lipinski definition) is 1. The lowest BCUT2D eigenvalue weighted by atomic mass is 10.1. The first-order valence-electron chi connectivity index (χ1n) is 5.33. The molecule has 16 heavy (non-hydrogen) atoms. The largest absolute Gasteiger partial charge is 0.390 e. The Morgan fingerprint density at radius 3 is 2.88 bits per heavy atom. The van der Waals surface area contributed by atoms with E-state index in [2.05, 4.69) is 0 Å². The summed E-state index contributed by atoms with van der Waals surface area (Å²) in [5.74, 6) is -0.387. The lowest BCUT2D eigenvalue weighted by Crippen LogP contribution is -2.19. The van der Waals surface area contributed by atoms with Crippen LogP contribution in [0.1, 0.15) is 18.9 Å². The number of rotatable bonds is 6. The molecular weight excluding hydrogens is 231 g/mol. The molecule has 0 amide bonds. The normalized spacial score (nSPS) is 12.8. The molecule has 0 aromatic heterocycles. The molecule has 1 atom stereocenters. The van der Waals surface area contributed by atoms with Crippen molar-refractivity contribution in [3.05, 3.63) is 34.6 Å². The second-order valence-electron chi connectivity index (χ2n) is 3.63. The summed E-state index contributed by atoms with van der Waals surface area (Å²) in [4.78, 5) is 0. The van der Waals surface area contributed by atoms with Crippen molar-refractivity contribution in [1.29, 1.82) is 0 Å². The van der Waals surface area contributed by atoms with E-state index < -0.39 is 6.10 Å². The number of aliphatic hydroxyl groups excluding tert-OH is 1. The van der Waals surface area contributed by atoms with E-state index in [0.29, 0.717) is 17.2 Å². The van der Waals surface area contributed by atoms with Crippen molar-refractivity contribution < 1.29 is 14.2 Å². The molecule has 0 aliphatic heterocycles. The van der Waals surface area contributed by atoms with Gasteiger partial charge in [0.2, 0.25) is 0 Å². The minimum atomic E-state index is -0.721. The van der Waals surface area contributed by atoms with Crippen molar-refractivity contribution in [2.24, 2.45) is 0 Å². The van der Waals surface area contributed by atoms with Crippen molar-refractivity contribution in [3.63, 3.8) is 0 Å². The summed E-state index contributed by atoms with van der Waals surface area (Å²) in [6, 6.07) is 4.49. The van der Waals surface area contributed by atoms with Gasteiger partial charge < -0.3 is 9.84 Å². The Morgan fingerprint density at radius 1 is 1.50 bits per heavy atom. The Bertz CT molecular complexity index is 311. The molecule has 4 heteroatoms. The van der Waals surface area contributed by atoms with Gasteiger partial charge in [0.05, 0.1) is 12.7 Å². The minimum absolute atomic E-state index is 0.176. The summed E-state index contributed by atoms with van der Waals surface area (Å²) >= 11 is 5.84. The van der Waals surface area contributed by atoms with Crippen LogP contribution in [0.15, 0.2) is 18.2 Å². The summed E-state index contributed by atoms with van der Waals surface area (Å²) in [6.07, 6.45) is 0.350. The van der Waals surface area contributed by atoms with Crippen molar-refractivity contribution in [2.45, 2.75) is 25.9 Å². The quantitative estimate of drug-likeness (QED) is 0.783. The van der Waals surface area contributed by atoms with Crippen LogP contribution >= 0.6 is 11.6 Å². The van der Waals surface area contributed by atoms with Gasteiger partial charge in [0, 0.05) is 23.6 Å². The van der Waals surface area contributed by atoms with Gasteiger partial charge in [-0.15, -0.1) is 0 Å². The number of hydrogen-bond acceptors (Lipinski definition) is 2. The van der Waals surface area contributed by atoms with Gasteiger partial charge in [-0.05, 0) is 18.6 Å². The molecule has 1 aromatic carbocycles. The number of halogens is 2.